The molecule has 1 unspecified atom stereocenters. The molecule has 0 saturated carbocycles. The maximum absolute atomic E-state index is 13.6. The van der Waals surface area contributed by atoms with Crippen LogP contribution in [0.15, 0.2) is 5.11 Å². The van der Waals surface area contributed by atoms with E-state index >= 15 is 0 Å². The summed E-state index contributed by atoms with van der Waals surface area (Å²) < 4.78 is 17.9. The quantitative estimate of drug-likeness (QED) is 0.193. The van der Waals surface area contributed by atoms with E-state index in [0.717, 1.165) is 0 Å². The fourth-order valence-electron chi connectivity index (χ4n) is 1.26. The summed E-state index contributed by atoms with van der Waals surface area (Å²) in [6.45, 7) is -0.794. The first-order valence-electron chi connectivity index (χ1n) is 4.04. The summed E-state index contributed by atoms with van der Waals surface area (Å²) in [4.78, 5) is 2.10. The summed E-state index contributed by atoms with van der Waals surface area (Å²) in [5.74, 6) is -3.19. The molecular weight excluding hydrogens is 213 g/mol. The van der Waals surface area contributed by atoms with E-state index in [1.54, 1.807) is 0 Å². The van der Waals surface area contributed by atoms with E-state index in [0.29, 0.717) is 0 Å². The molecule has 0 aromatic rings. The Balaban J connectivity index is 2.97. The number of ether oxygens (including phenoxy) is 1. The number of nitrogens with zero attached hydrogens (tertiary/aromatic N) is 3. The van der Waals surface area contributed by atoms with Crippen LogP contribution in [-0.4, -0.2) is 57.4 Å². The van der Waals surface area contributed by atoms with Crippen LogP contribution in [0.5, 0.6) is 0 Å². The lowest BCUT2D eigenvalue weighted by atomic mass is 9.98. The standard InChI is InChI=1S/C6H10FN3O5/c7-6(9-10-8)5(14)4(13)3(12)2(1-11)15-6/h2-5,11-14H,1H2/t2-,3-,4+,5-,6?/m1/s1. The summed E-state index contributed by atoms with van der Waals surface area (Å²) in [5, 5.41) is 38.8. The van der Waals surface area contributed by atoms with Gasteiger partial charge in [-0.15, -0.1) is 0 Å². The second-order valence-electron chi connectivity index (χ2n) is 3.06. The molecule has 1 aliphatic heterocycles. The lowest BCUT2D eigenvalue weighted by Crippen LogP contribution is -2.62. The minimum Gasteiger partial charge on any atom is -0.394 e. The van der Waals surface area contributed by atoms with Crippen molar-refractivity contribution in [2.45, 2.75) is 30.4 Å². The van der Waals surface area contributed by atoms with Crippen molar-refractivity contribution in [2.75, 3.05) is 6.61 Å². The molecule has 0 amide bonds. The van der Waals surface area contributed by atoms with E-state index < -0.39 is 37.0 Å². The van der Waals surface area contributed by atoms with Crippen LogP contribution < -0.4 is 0 Å². The van der Waals surface area contributed by atoms with Crippen LogP contribution >= 0.6 is 0 Å². The largest absolute Gasteiger partial charge is 0.394 e. The predicted octanol–water partition coefficient (Wildman–Crippen LogP) is -1.61. The van der Waals surface area contributed by atoms with E-state index in [9.17, 15) is 14.6 Å². The van der Waals surface area contributed by atoms with Crippen LogP contribution in [0.3, 0.4) is 0 Å². The second-order valence-corrected chi connectivity index (χ2v) is 3.06. The lowest BCUT2D eigenvalue weighted by molar-refractivity contribution is -0.317. The molecule has 4 N–H and O–H groups in total. The van der Waals surface area contributed by atoms with Crippen LogP contribution in [0, 0.1) is 0 Å². The Morgan fingerprint density at radius 2 is 2.00 bits per heavy atom. The zero-order valence-electron chi connectivity index (χ0n) is 7.43. The van der Waals surface area contributed by atoms with E-state index in [1.165, 1.54) is 0 Å². The average Bonchev–Trinajstić information content (AvgIpc) is 2.21. The number of aliphatic hydroxyl groups excluding tert-OH is 4. The van der Waals surface area contributed by atoms with Gasteiger partial charge >= 0.3 is 5.98 Å². The molecule has 9 heteroatoms. The first-order valence-corrected chi connectivity index (χ1v) is 4.04. The van der Waals surface area contributed by atoms with E-state index in [-0.39, 0.29) is 0 Å². The zero-order chi connectivity index (χ0) is 11.6. The van der Waals surface area contributed by atoms with Crippen molar-refractivity contribution in [3.05, 3.63) is 10.4 Å². The van der Waals surface area contributed by atoms with Gasteiger partial charge in [0.15, 0.2) is 0 Å². The number of halogens is 1. The highest BCUT2D eigenvalue weighted by atomic mass is 19.2. The van der Waals surface area contributed by atoms with Crippen LogP contribution in [-0.2, 0) is 4.74 Å². The highest BCUT2D eigenvalue weighted by molar-refractivity contribution is 4.95. The van der Waals surface area contributed by atoms with Gasteiger partial charge in [0, 0.05) is 4.91 Å². The van der Waals surface area contributed by atoms with Crippen molar-refractivity contribution in [1.29, 1.82) is 0 Å². The molecular formula is C6H10FN3O5. The van der Waals surface area contributed by atoms with Crippen molar-refractivity contribution in [3.8, 4) is 0 Å². The molecule has 0 spiro atoms. The van der Waals surface area contributed by atoms with Gasteiger partial charge in [-0.3, -0.25) is 0 Å². The van der Waals surface area contributed by atoms with Crippen molar-refractivity contribution >= 4 is 0 Å². The van der Waals surface area contributed by atoms with Crippen LogP contribution in [0.2, 0.25) is 0 Å². The summed E-state index contributed by atoms with van der Waals surface area (Å²) in [6.07, 6.45) is -7.26. The minimum atomic E-state index is -3.19. The molecule has 0 aromatic carbocycles. The molecule has 0 radical (unpaired) electrons. The summed E-state index contributed by atoms with van der Waals surface area (Å²) in [5.41, 5.74) is 8.03. The number of alkyl halides is 1. The van der Waals surface area contributed by atoms with Crippen molar-refractivity contribution in [2.24, 2.45) is 5.11 Å². The smallest absolute Gasteiger partial charge is 0.318 e. The van der Waals surface area contributed by atoms with Crippen molar-refractivity contribution in [1.82, 2.24) is 0 Å². The van der Waals surface area contributed by atoms with Crippen molar-refractivity contribution in [3.63, 3.8) is 0 Å². The third-order valence-corrected chi connectivity index (χ3v) is 2.10. The summed E-state index contributed by atoms with van der Waals surface area (Å²) in [7, 11) is 0. The summed E-state index contributed by atoms with van der Waals surface area (Å²) in [6, 6.07) is 0. The molecule has 1 heterocycles. The molecule has 0 bridgehead atoms. The van der Waals surface area contributed by atoms with Gasteiger partial charge in [-0.05, 0) is 10.6 Å². The molecule has 1 fully saturated rings. The third kappa shape index (κ3) is 2.02. The molecule has 8 nitrogen and oxygen atoms in total. The van der Waals surface area contributed by atoms with Gasteiger partial charge in [0.1, 0.15) is 24.4 Å². The Bertz CT molecular complexity index is 284. The molecule has 1 saturated heterocycles. The van der Waals surface area contributed by atoms with Gasteiger partial charge in [0.25, 0.3) is 0 Å². The van der Waals surface area contributed by atoms with Gasteiger partial charge in [0.05, 0.1) is 6.61 Å². The Kier molecular flexibility index (Phi) is 3.45. The third-order valence-electron chi connectivity index (χ3n) is 2.10. The number of rotatable bonds is 2. The number of azide groups is 1. The first kappa shape index (κ1) is 12.1. The van der Waals surface area contributed by atoms with Crippen LogP contribution in [0.25, 0.3) is 10.4 Å². The topological polar surface area (TPSA) is 139 Å². The molecule has 15 heavy (non-hydrogen) atoms. The molecule has 86 valence electrons. The highest BCUT2D eigenvalue weighted by Gasteiger charge is 2.54. The van der Waals surface area contributed by atoms with Gasteiger partial charge in [0.2, 0.25) is 0 Å². The number of aliphatic hydroxyl groups is 4. The minimum absolute atomic E-state index is 0.794. The molecule has 0 aromatic heterocycles. The molecule has 1 rings (SSSR count). The summed E-state index contributed by atoms with van der Waals surface area (Å²) >= 11 is 0. The van der Waals surface area contributed by atoms with Gasteiger partial charge in [-0.1, -0.05) is 0 Å². The van der Waals surface area contributed by atoms with E-state index in [1.807, 2.05) is 0 Å². The second kappa shape index (κ2) is 4.27. The Morgan fingerprint density at radius 1 is 1.40 bits per heavy atom. The Hall–Kier alpha value is -0.960. The monoisotopic (exact) mass is 223 g/mol. The van der Waals surface area contributed by atoms with Crippen molar-refractivity contribution < 1.29 is 29.6 Å². The normalized spacial score (nSPS) is 45.9. The Morgan fingerprint density at radius 3 is 2.47 bits per heavy atom. The molecule has 5 atom stereocenters. The first-order chi connectivity index (χ1) is 6.96. The lowest BCUT2D eigenvalue weighted by Gasteiger charge is -2.41. The van der Waals surface area contributed by atoms with E-state index in [2.05, 4.69) is 14.8 Å². The Labute approximate surface area is 83.1 Å². The van der Waals surface area contributed by atoms with Gasteiger partial charge < -0.3 is 25.2 Å². The fourth-order valence-corrected chi connectivity index (χ4v) is 1.26. The van der Waals surface area contributed by atoms with Crippen LogP contribution in [0.4, 0.5) is 4.39 Å². The molecule has 0 aliphatic carbocycles. The van der Waals surface area contributed by atoms with Crippen LogP contribution in [0.1, 0.15) is 0 Å². The van der Waals surface area contributed by atoms with Gasteiger partial charge in [-0.2, -0.15) is 0 Å². The molecule has 1 aliphatic rings. The fraction of sp³-hybridized carbons (Fsp3) is 1.00. The SMILES string of the molecule is [N-]=[N+]=NC1(F)O[C@H](CO)[C@@H](O)[C@H](O)[C@H]1O. The predicted molar refractivity (Wildman–Crippen MR) is 43.0 cm³/mol. The highest BCUT2D eigenvalue weighted by Crippen LogP contribution is 2.32. The average molecular weight is 223 g/mol. The van der Waals surface area contributed by atoms with E-state index in [4.69, 9.17) is 15.7 Å². The number of hydrogen-bond donors (Lipinski definition) is 4. The maximum atomic E-state index is 13.6. The number of hydrogen-bond acceptors (Lipinski definition) is 6. The maximum Gasteiger partial charge on any atom is 0.318 e. The zero-order valence-corrected chi connectivity index (χ0v) is 7.43. The van der Waals surface area contributed by atoms with Gasteiger partial charge in [-0.25, -0.2) is 4.39 Å².